The Bertz CT molecular complexity index is 620. The summed E-state index contributed by atoms with van der Waals surface area (Å²) in [5, 5.41) is 8.78. The number of rotatable bonds is 2. The maximum absolute atomic E-state index is 11.9. The molecular formula is C10H9NO5S. The lowest BCUT2D eigenvalue weighted by molar-refractivity contribution is 0.0695. The first-order valence-electron chi connectivity index (χ1n) is 4.84. The lowest BCUT2D eigenvalue weighted by Gasteiger charge is -2.10. The number of hydrogen-bond donors (Lipinski definition) is 1. The molecule has 0 aliphatic carbocycles. The molecule has 1 amide bonds. The van der Waals surface area contributed by atoms with Crippen LogP contribution < -0.4 is 0 Å². The summed E-state index contributed by atoms with van der Waals surface area (Å²) in [5.74, 6) is -1.84. The van der Waals surface area contributed by atoms with Crippen molar-refractivity contribution in [3.05, 3.63) is 29.3 Å². The van der Waals surface area contributed by atoms with E-state index in [1.807, 2.05) is 0 Å². The van der Waals surface area contributed by atoms with E-state index in [2.05, 4.69) is 0 Å². The Balaban J connectivity index is 2.71. The summed E-state index contributed by atoms with van der Waals surface area (Å²) in [5.41, 5.74) is -0.130. The van der Waals surface area contributed by atoms with Gasteiger partial charge in [0.15, 0.2) is 0 Å². The third-order valence-corrected chi connectivity index (χ3v) is 4.44. The van der Waals surface area contributed by atoms with Crippen molar-refractivity contribution in [3.8, 4) is 0 Å². The summed E-state index contributed by atoms with van der Waals surface area (Å²) in [6.07, 6.45) is 0. The number of benzene rings is 1. The van der Waals surface area contributed by atoms with Crippen LogP contribution >= 0.6 is 0 Å². The highest BCUT2D eigenvalue weighted by Crippen LogP contribution is 2.30. The normalized spacial score (nSPS) is 17.0. The van der Waals surface area contributed by atoms with Crippen LogP contribution in [0.2, 0.25) is 0 Å². The summed E-state index contributed by atoms with van der Waals surface area (Å²) in [6.45, 7) is 1.57. The summed E-state index contributed by atoms with van der Waals surface area (Å²) < 4.78 is 24.6. The Morgan fingerprint density at radius 2 is 2.06 bits per heavy atom. The fourth-order valence-electron chi connectivity index (χ4n) is 1.72. The molecule has 0 atom stereocenters. The average molecular weight is 255 g/mol. The highest BCUT2D eigenvalue weighted by atomic mass is 32.2. The van der Waals surface area contributed by atoms with E-state index < -0.39 is 21.9 Å². The van der Waals surface area contributed by atoms with E-state index in [4.69, 9.17) is 5.11 Å². The van der Waals surface area contributed by atoms with Crippen molar-refractivity contribution in [2.45, 2.75) is 11.8 Å². The van der Waals surface area contributed by atoms with Crippen LogP contribution in [0.5, 0.6) is 0 Å². The Morgan fingerprint density at radius 3 is 2.59 bits per heavy atom. The number of amides is 1. The maximum atomic E-state index is 11.9. The van der Waals surface area contributed by atoms with Crippen molar-refractivity contribution in [2.75, 3.05) is 6.54 Å². The van der Waals surface area contributed by atoms with Crippen LogP contribution in [0.15, 0.2) is 23.1 Å². The van der Waals surface area contributed by atoms with Crippen LogP contribution in [0.4, 0.5) is 0 Å². The van der Waals surface area contributed by atoms with Gasteiger partial charge in [-0.1, -0.05) is 0 Å². The SMILES string of the molecule is CCN1C(=O)c2ccc(C(=O)O)cc2S1(=O)=O. The smallest absolute Gasteiger partial charge is 0.335 e. The minimum Gasteiger partial charge on any atom is -0.478 e. The first-order chi connectivity index (χ1) is 7.89. The molecule has 7 heteroatoms. The zero-order chi connectivity index (χ0) is 12.8. The van der Waals surface area contributed by atoms with Crippen LogP contribution in [0, 0.1) is 0 Å². The number of sulfonamides is 1. The molecule has 1 heterocycles. The fraction of sp³-hybridized carbons (Fsp3) is 0.200. The summed E-state index contributed by atoms with van der Waals surface area (Å²) in [4.78, 5) is 22.2. The molecular weight excluding hydrogens is 246 g/mol. The fourth-order valence-corrected chi connectivity index (χ4v) is 3.32. The summed E-state index contributed by atoms with van der Waals surface area (Å²) in [7, 11) is -3.88. The van der Waals surface area contributed by atoms with Gasteiger partial charge in [-0.25, -0.2) is 17.5 Å². The molecule has 1 aliphatic rings. The average Bonchev–Trinajstić information content (AvgIpc) is 2.46. The molecule has 0 unspecified atom stereocenters. The first kappa shape index (κ1) is 11.6. The molecule has 6 nitrogen and oxygen atoms in total. The lowest BCUT2D eigenvalue weighted by Crippen LogP contribution is -2.29. The van der Waals surface area contributed by atoms with E-state index in [0.717, 1.165) is 10.4 Å². The molecule has 1 N–H and O–H groups in total. The predicted molar refractivity (Wildman–Crippen MR) is 57.3 cm³/mol. The van der Waals surface area contributed by atoms with Crippen LogP contribution in [0.3, 0.4) is 0 Å². The maximum Gasteiger partial charge on any atom is 0.335 e. The number of carboxylic acid groups (broad SMARTS) is 1. The molecule has 0 saturated heterocycles. The highest BCUT2D eigenvalue weighted by Gasteiger charge is 2.40. The third-order valence-electron chi connectivity index (χ3n) is 2.54. The molecule has 0 fully saturated rings. The molecule has 0 spiro atoms. The lowest BCUT2D eigenvalue weighted by atomic mass is 10.1. The molecule has 0 aromatic heterocycles. The summed E-state index contributed by atoms with van der Waals surface area (Å²) in [6, 6.07) is 3.46. The van der Waals surface area contributed by atoms with Gasteiger partial charge in [0.1, 0.15) is 4.90 Å². The van der Waals surface area contributed by atoms with Crippen molar-refractivity contribution in [3.63, 3.8) is 0 Å². The van der Waals surface area contributed by atoms with Crippen LogP contribution in [0.25, 0.3) is 0 Å². The Morgan fingerprint density at radius 1 is 1.41 bits per heavy atom. The minimum absolute atomic E-state index is 0.0249. The van der Waals surface area contributed by atoms with Gasteiger partial charge in [0.2, 0.25) is 0 Å². The highest BCUT2D eigenvalue weighted by molar-refractivity contribution is 7.90. The first-order valence-corrected chi connectivity index (χ1v) is 6.28. The number of nitrogens with zero attached hydrogens (tertiary/aromatic N) is 1. The Labute approximate surface area is 97.5 Å². The van der Waals surface area contributed by atoms with Crippen molar-refractivity contribution in [2.24, 2.45) is 0 Å². The van der Waals surface area contributed by atoms with E-state index in [1.54, 1.807) is 6.92 Å². The number of carbonyl (C=O) groups is 2. The number of carboxylic acids is 1. The standard InChI is InChI=1S/C10H9NO5S/c1-2-11-9(12)7-4-3-6(10(13)14)5-8(7)17(11,15)16/h3-5H,2H2,1H3,(H,13,14). The minimum atomic E-state index is -3.88. The van der Waals surface area contributed by atoms with E-state index in [1.165, 1.54) is 12.1 Å². The molecule has 90 valence electrons. The molecule has 1 aromatic rings. The van der Waals surface area contributed by atoms with E-state index in [9.17, 15) is 18.0 Å². The van der Waals surface area contributed by atoms with Gasteiger partial charge in [-0.2, -0.15) is 0 Å². The monoisotopic (exact) mass is 255 g/mol. The quantitative estimate of drug-likeness (QED) is 0.833. The second-order valence-electron chi connectivity index (χ2n) is 3.49. The Kier molecular flexibility index (Phi) is 2.43. The third kappa shape index (κ3) is 1.50. The van der Waals surface area contributed by atoms with Gasteiger partial charge in [-0.05, 0) is 25.1 Å². The Hall–Kier alpha value is -1.89. The molecule has 17 heavy (non-hydrogen) atoms. The number of carbonyl (C=O) groups excluding carboxylic acids is 1. The van der Waals surface area contributed by atoms with Gasteiger partial charge in [0.25, 0.3) is 15.9 Å². The van der Waals surface area contributed by atoms with E-state index >= 15 is 0 Å². The topological polar surface area (TPSA) is 91.8 Å². The zero-order valence-corrected chi connectivity index (χ0v) is 9.69. The van der Waals surface area contributed by atoms with E-state index in [0.29, 0.717) is 0 Å². The molecule has 0 radical (unpaired) electrons. The predicted octanol–water partition coefficient (Wildman–Crippen LogP) is 0.549. The van der Waals surface area contributed by atoms with Gasteiger partial charge >= 0.3 is 5.97 Å². The number of aromatic carboxylic acids is 1. The molecule has 0 saturated carbocycles. The van der Waals surface area contributed by atoms with Gasteiger partial charge in [-0.3, -0.25) is 4.79 Å². The van der Waals surface area contributed by atoms with Crippen LogP contribution in [-0.2, 0) is 10.0 Å². The van der Waals surface area contributed by atoms with Crippen molar-refractivity contribution >= 4 is 21.9 Å². The van der Waals surface area contributed by atoms with Gasteiger partial charge in [-0.15, -0.1) is 0 Å². The molecule has 1 aliphatic heterocycles. The summed E-state index contributed by atoms with van der Waals surface area (Å²) >= 11 is 0. The number of fused-ring (bicyclic) bond motifs is 1. The van der Waals surface area contributed by atoms with Gasteiger partial charge in [0, 0.05) is 6.54 Å². The van der Waals surface area contributed by atoms with Crippen molar-refractivity contribution in [1.29, 1.82) is 0 Å². The number of hydrogen-bond acceptors (Lipinski definition) is 4. The second-order valence-corrected chi connectivity index (χ2v) is 5.32. The van der Waals surface area contributed by atoms with Crippen LogP contribution in [-0.4, -0.2) is 36.3 Å². The molecule has 0 bridgehead atoms. The van der Waals surface area contributed by atoms with Crippen molar-refractivity contribution in [1.82, 2.24) is 4.31 Å². The van der Waals surface area contributed by atoms with Gasteiger partial charge < -0.3 is 5.11 Å². The second kappa shape index (κ2) is 3.56. The van der Waals surface area contributed by atoms with Crippen molar-refractivity contribution < 1.29 is 23.1 Å². The van der Waals surface area contributed by atoms with Crippen LogP contribution in [0.1, 0.15) is 27.6 Å². The largest absolute Gasteiger partial charge is 0.478 e. The van der Waals surface area contributed by atoms with E-state index in [-0.39, 0.29) is 22.6 Å². The van der Waals surface area contributed by atoms with Gasteiger partial charge in [0.05, 0.1) is 11.1 Å². The zero-order valence-electron chi connectivity index (χ0n) is 8.87. The molecule has 2 rings (SSSR count). The molecule has 1 aromatic carbocycles.